The predicted molar refractivity (Wildman–Crippen MR) is 87.2 cm³/mol. The topological polar surface area (TPSA) is 25.8 Å². The Bertz CT molecular complexity index is 943. The van der Waals surface area contributed by atoms with E-state index in [-0.39, 0.29) is 0 Å². The molecule has 0 saturated carbocycles. The van der Waals surface area contributed by atoms with Crippen molar-refractivity contribution < 1.29 is 0 Å². The van der Waals surface area contributed by atoms with Gasteiger partial charge in [0, 0.05) is 23.3 Å². The largest absolute Gasteiger partial charge is 0.264 e. The fraction of sp³-hybridized carbons (Fsp3) is 0.0526. The Hall–Kier alpha value is -2.74. The third kappa shape index (κ3) is 1.96. The van der Waals surface area contributed by atoms with Crippen LogP contribution in [0.15, 0.2) is 67.0 Å². The molecule has 4 aromatic rings. The third-order valence-corrected chi connectivity index (χ3v) is 3.85. The van der Waals surface area contributed by atoms with E-state index < -0.39 is 0 Å². The van der Waals surface area contributed by atoms with Gasteiger partial charge in [-0.2, -0.15) is 0 Å². The number of hydrogen-bond acceptors (Lipinski definition) is 2. The molecule has 0 saturated heterocycles. The normalized spacial score (nSPS) is 11.1. The molecule has 2 aromatic heterocycles. The van der Waals surface area contributed by atoms with Crippen molar-refractivity contribution >= 4 is 21.7 Å². The zero-order valence-electron chi connectivity index (χ0n) is 11.7. The van der Waals surface area contributed by atoms with Crippen molar-refractivity contribution in [3.05, 3.63) is 72.6 Å². The lowest BCUT2D eigenvalue weighted by Gasteiger charge is -2.09. The van der Waals surface area contributed by atoms with Crippen LogP contribution in [0.25, 0.3) is 32.9 Å². The van der Waals surface area contributed by atoms with E-state index in [0.29, 0.717) is 0 Å². The van der Waals surface area contributed by atoms with Gasteiger partial charge in [-0.3, -0.25) is 4.98 Å². The van der Waals surface area contributed by atoms with Gasteiger partial charge in [0.15, 0.2) is 0 Å². The SMILES string of the molecule is Cc1cc(-c2cccnc2)nc2ccc3ccccc3c12. The van der Waals surface area contributed by atoms with Gasteiger partial charge < -0.3 is 0 Å². The Labute approximate surface area is 123 Å². The first-order chi connectivity index (χ1) is 10.3. The zero-order chi connectivity index (χ0) is 14.2. The molecule has 2 nitrogen and oxygen atoms in total. The van der Waals surface area contributed by atoms with Crippen molar-refractivity contribution in [2.45, 2.75) is 6.92 Å². The number of benzene rings is 2. The average molecular weight is 270 g/mol. The molecule has 100 valence electrons. The number of hydrogen-bond donors (Lipinski definition) is 0. The molecule has 21 heavy (non-hydrogen) atoms. The van der Waals surface area contributed by atoms with Crippen LogP contribution in [0.5, 0.6) is 0 Å². The highest BCUT2D eigenvalue weighted by Crippen LogP contribution is 2.29. The predicted octanol–water partition coefficient (Wildman–Crippen LogP) is 4.76. The quantitative estimate of drug-likeness (QED) is 0.466. The molecule has 0 aliphatic heterocycles. The van der Waals surface area contributed by atoms with Crippen molar-refractivity contribution in [3.8, 4) is 11.3 Å². The van der Waals surface area contributed by atoms with Gasteiger partial charge in [0.05, 0.1) is 11.2 Å². The molecule has 4 rings (SSSR count). The maximum Gasteiger partial charge on any atom is 0.0727 e. The molecule has 0 spiro atoms. The van der Waals surface area contributed by atoms with E-state index in [2.05, 4.69) is 54.4 Å². The highest BCUT2D eigenvalue weighted by atomic mass is 14.7. The Morgan fingerprint density at radius 3 is 2.67 bits per heavy atom. The van der Waals surface area contributed by atoms with E-state index in [0.717, 1.165) is 16.8 Å². The standard InChI is InChI=1S/C19H14N2/c1-13-11-18(15-6-4-10-20-12-15)21-17-9-8-14-5-2-3-7-16(14)19(13)17/h2-12H,1H3. The fourth-order valence-corrected chi connectivity index (χ4v) is 2.87. The zero-order valence-corrected chi connectivity index (χ0v) is 11.7. The van der Waals surface area contributed by atoms with Crippen LogP contribution in [-0.4, -0.2) is 9.97 Å². The van der Waals surface area contributed by atoms with Crippen LogP contribution in [0, 0.1) is 6.92 Å². The molecule has 2 aromatic carbocycles. The first-order valence-corrected chi connectivity index (χ1v) is 7.02. The molecule has 2 heterocycles. The summed E-state index contributed by atoms with van der Waals surface area (Å²) in [5.74, 6) is 0. The summed E-state index contributed by atoms with van der Waals surface area (Å²) in [4.78, 5) is 9.00. The number of aryl methyl sites for hydroxylation is 1. The van der Waals surface area contributed by atoms with Gasteiger partial charge in [-0.25, -0.2) is 4.98 Å². The summed E-state index contributed by atoms with van der Waals surface area (Å²) < 4.78 is 0. The van der Waals surface area contributed by atoms with Crippen LogP contribution in [0.3, 0.4) is 0 Å². The van der Waals surface area contributed by atoms with Gasteiger partial charge in [-0.15, -0.1) is 0 Å². The first-order valence-electron chi connectivity index (χ1n) is 7.02. The highest BCUT2D eigenvalue weighted by Gasteiger charge is 2.08. The summed E-state index contributed by atoms with van der Waals surface area (Å²) in [5, 5.41) is 3.75. The molecule has 0 atom stereocenters. The van der Waals surface area contributed by atoms with E-state index in [1.54, 1.807) is 6.20 Å². The molecule has 0 aliphatic rings. The van der Waals surface area contributed by atoms with Crippen molar-refractivity contribution in [3.63, 3.8) is 0 Å². The summed E-state index contributed by atoms with van der Waals surface area (Å²) in [7, 11) is 0. The van der Waals surface area contributed by atoms with Crippen molar-refractivity contribution in [2.75, 3.05) is 0 Å². The minimum Gasteiger partial charge on any atom is -0.264 e. The van der Waals surface area contributed by atoms with E-state index >= 15 is 0 Å². The molecule has 0 fully saturated rings. The second kappa shape index (κ2) is 4.67. The van der Waals surface area contributed by atoms with Gasteiger partial charge in [0.2, 0.25) is 0 Å². The molecule has 0 bridgehead atoms. The van der Waals surface area contributed by atoms with Crippen LogP contribution >= 0.6 is 0 Å². The summed E-state index contributed by atoms with van der Waals surface area (Å²) in [6.07, 6.45) is 3.64. The van der Waals surface area contributed by atoms with Crippen LogP contribution in [0.2, 0.25) is 0 Å². The molecule has 0 aliphatic carbocycles. The molecule has 2 heteroatoms. The monoisotopic (exact) mass is 270 g/mol. The summed E-state index contributed by atoms with van der Waals surface area (Å²) in [5.41, 5.74) is 4.31. The minimum absolute atomic E-state index is 0.975. The van der Waals surface area contributed by atoms with Gasteiger partial charge in [-0.05, 0) is 47.5 Å². The summed E-state index contributed by atoms with van der Waals surface area (Å²) in [6, 6.07) is 18.8. The molecule has 0 unspecified atom stereocenters. The van der Waals surface area contributed by atoms with Gasteiger partial charge in [-0.1, -0.05) is 30.3 Å². The molecular formula is C19H14N2. The highest BCUT2D eigenvalue weighted by molar-refractivity contribution is 6.08. The van der Waals surface area contributed by atoms with Crippen LogP contribution < -0.4 is 0 Å². The number of nitrogens with zero attached hydrogens (tertiary/aromatic N) is 2. The number of rotatable bonds is 1. The lowest BCUT2D eigenvalue weighted by atomic mass is 10.00. The first kappa shape index (κ1) is 12.0. The molecular weight excluding hydrogens is 256 g/mol. The fourth-order valence-electron chi connectivity index (χ4n) is 2.87. The number of aromatic nitrogens is 2. The average Bonchev–Trinajstić information content (AvgIpc) is 2.55. The van der Waals surface area contributed by atoms with Crippen molar-refractivity contribution in [2.24, 2.45) is 0 Å². The van der Waals surface area contributed by atoms with Gasteiger partial charge in [0.1, 0.15) is 0 Å². The lowest BCUT2D eigenvalue weighted by molar-refractivity contribution is 1.30. The Balaban J connectivity index is 2.06. The minimum atomic E-state index is 0.975. The summed E-state index contributed by atoms with van der Waals surface area (Å²) >= 11 is 0. The van der Waals surface area contributed by atoms with Crippen molar-refractivity contribution in [1.82, 2.24) is 9.97 Å². The molecule has 0 radical (unpaired) electrons. The molecule has 0 N–H and O–H groups in total. The summed E-state index contributed by atoms with van der Waals surface area (Å²) in [6.45, 7) is 2.15. The Morgan fingerprint density at radius 2 is 1.81 bits per heavy atom. The second-order valence-electron chi connectivity index (χ2n) is 5.25. The van der Waals surface area contributed by atoms with Gasteiger partial charge >= 0.3 is 0 Å². The van der Waals surface area contributed by atoms with E-state index in [4.69, 9.17) is 4.98 Å². The maximum atomic E-state index is 4.82. The van der Waals surface area contributed by atoms with Crippen LogP contribution in [0.4, 0.5) is 0 Å². The van der Waals surface area contributed by atoms with E-state index in [1.807, 2.05) is 18.3 Å². The number of pyridine rings is 2. The van der Waals surface area contributed by atoms with Gasteiger partial charge in [0.25, 0.3) is 0 Å². The third-order valence-electron chi connectivity index (χ3n) is 3.85. The van der Waals surface area contributed by atoms with Crippen LogP contribution in [-0.2, 0) is 0 Å². The second-order valence-corrected chi connectivity index (χ2v) is 5.25. The molecule has 0 amide bonds. The number of fused-ring (bicyclic) bond motifs is 3. The Morgan fingerprint density at radius 1 is 0.905 bits per heavy atom. The Kier molecular flexibility index (Phi) is 2.68. The lowest BCUT2D eigenvalue weighted by Crippen LogP contribution is -1.90. The smallest absolute Gasteiger partial charge is 0.0727 e. The van der Waals surface area contributed by atoms with Crippen molar-refractivity contribution in [1.29, 1.82) is 0 Å². The van der Waals surface area contributed by atoms with E-state index in [1.165, 1.54) is 21.7 Å². The van der Waals surface area contributed by atoms with E-state index in [9.17, 15) is 0 Å². The maximum absolute atomic E-state index is 4.82. The van der Waals surface area contributed by atoms with Crippen LogP contribution in [0.1, 0.15) is 5.56 Å².